The fraction of sp³-hybridized carbons (Fsp3) is 0.391. The van der Waals surface area contributed by atoms with E-state index in [1.165, 1.54) is 39.8 Å². The molecule has 1 aliphatic rings. The molecule has 6 aromatic rings. The van der Waals surface area contributed by atoms with Gasteiger partial charge in [-0.2, -0.15) is 11.2 Å². The first-order valence-corrected chi connectivity index (χ1v) is 18.9. The average Bonchev–Trinajstić information content (AvgIpc) is 3.60. The normalized spacial score (nSPS) is 17.6. The van der Waals surface area contributed by atoms with Gasteiger partial charge in [-0.05, 0) is 98.0 Å². The number of nitrogens with zero attached hydrogens (tertiary/aromatic N) is 4. The van der Waals surface area contributed by atoms with E-state index in [0.717, 1.165) is 52.9 Å². The molecule has 7 rings (SSSR count). The summed E-state index contributed by atoms with van der Waals surface area (Å²) < 4.78 is 11.1. The van der Waals surface area contributed by atoms with Crippen LogP contribution in [-0.2, 0) is 33.9 Å². The standard InChI is InChI=1S/C46H52N4O.Pt/c1-10-34-19-20-47-44(23-34)49-41-14-12-11-13-39(41)40-17-16-37(27-43(40)49)51-38-25-35(29(4)5)24-36(26-38)50-42(18-15-28(2)3)46(33(9)48-50)45-31(7)21-30(6)22-32(45)8;/h11-14,16-17,19-21,23-25,28-30,32,45H,10,15,18,22H2,1-9H3;/q-2;+2/t30-,32-,45?;/m0./s1. The number of aryl methyl sites for hydroxylation is 2. The third-order valence-corrected chi connectivity index (χ3v) is 10.8. The monoisotopic (exact) mass is 871 g/mol. The van der Waals surface area contributed by atoms with Crippen molar-refractivity contribution < 1.29 is 25.8 Å². The Kier molecular flexibility index (Phi) is 11.3. The first kappa shape index (κ1) is 37.8. The molecule has 1 unspecified atom stereocenters. The summed E-state index contributed by atoms with van der Waals surface area (Å²) in [6.45, 7) is 20.5. The SMILES string of the molecule is CCc1ccnc(-n2c3[c-]c(Oc4[c-]c(-n5nc(C)c(C6C(C)=C[C@H](C)C[C@@H]6C)c5CCC(C)C)cc(C(C)C)c4)ccc3c3ccccc32)c1.[Pt+2]. The van der Waals surface area contributed by atoms with Crippen LogP contribution >= 0.6 is 0 Å². The maximum Gasteiger partial charge on any atom is 2.00 e. The Hall–Kier alpha value is -3.95. The summed E-state index contributed by atoms with van der Waals surface area (Å²) in [6.07, 6.45) is 8.59. The van der Waals surface area contributed by atoms with Gasteiger partial charge in [0.15, 0.2) is 0 Å². The van der Waals surface area contributed by atoms with Gasteiger partial charge in [0.1, 0.15) is 5.82 Å². The van der Waals surface area contributed by atoms with Crippen LogP contribution in [0.4, 0.5) is 0 Å². The first-order chi connectivity index (χ1) is 24.5. The van der Waals surface area contributed by atoms with E-state index >= 15 is 0 Å². The molecule has 3 heterocycles. The second kappa shape index (κ2) is 15.6. The van der Waals surface area contributed by atoms with Crippen molar-refractivity contribution in [3.05, 3.63) is 119 Å². The Morgan fingerprint density at radius 3 is 2.44 bits per heavy atom. The molecule has 0 saturated heterocycles. The predicted octanol–water partition coefficient (Wildman–Crippen LogP) is 12.0. The van der Waals surface area contributed by atoms with Crippen LogP contribution in [0.2, 0.25) is 0 Å². The molecule has 0 saturated carbocycles. The van der Waals surface area contributed by atoms with Crippen LogP contribution in [0.15, 0.2) is 78.5 Å². The number of para-hydroxylation sites is 1. The van der Waals surface area contributed by atoms with Crippen LogP contribution in [-0.4, -0.2) is 19.3 Å². The Morgan fingerprint density at radius 2 is 1.71 bits per heavy atom. The molecular weight excluding hydrogens is 820 g/mol. The summed E-state index contributed by atoms with van der Waals surface area (Å²) in [5, 5.41) is 7.56. The summed E-state index contributed by atoms with van der Waals surface area (Å²) in [7, 11) is 0. The minimum atomic E-state index is 0. The smallest absolute Gasteiger partial charge is 0.509 e. The molecule has 3 aromatic carbocycles. The first-order valence-electron chi connectivity index (χ1n) is 18.9. The third kappa shape index (κ3) is 7.31. The summed E-state index contributed by atoms with van der Waals surface area (Å²) in [5.74, 6) is 4.63. The molecular formula is C46H52N4OPt. The number of benzene rings is 3. The van der Waals surface area contributed by atoms with Crippen molar-refractivity contribution in [3.8, 4) is 23.0 Å². The molecule has 0 N–H and O–H groups in total. The van der Waals surface area contributed by atoms with Gasteiger partial charge >= 0.3 is 21.1 Å². The number of aromatic nitrogens is 4. The molecule has 5 nitrogen and oxygen atoms in total. The Bertz CT molecular complexity index is 2240. The van der Waals surface area contributed by atoms with E-state index < -0.39 is 0 Å². The molecule has 6 heteroatoms. The van der Waals surface area contributed by atoms with Crippen LogP contribution in [0.3, 0.4) is 0 Å². The number of rotatable bonds is 10. The van der Waals surface area contributed by atoms with Crippen LogP contribution < -0.4 is 4.74 Å². The summed E-state index contributed by atoms with van der Waals surface area (Å²) in [5.41, 5.74) is 10.7. The summed E-state index contributed by atoms with van der Waals surface area (Å²) in [6, 6.07) is 28.6. The average molecular weight is 872 g/mol. The van der Waals surface area contributed by atoms with Gasteiger partial charge in [-0.1, -0.05) is 83.8 Å². The molecule has 1 aliphatic carbocycles. The molecule has 3 atom stereocenters. The van der Waals surface area contributed by atoms with Gasteiger partial charge in [0.05, 0.1) is 5.69 Å². The molecule has 0 amide bonds. The maximum absolute atomic E-state index is 6.71. The van der Waals surface area contributed by atoms with Crippen molar-refractivity contribution in [1.82, 2.24) is 19.3 Å². The van der Waals surface area contributed by atoms with Crippen molar-refractivity contribution in [3.63, 3.8) is 0 Å². The zero-order chi connectivity index (χ0) is 36.0. The van der Waals surface area contributed by atoms with E-state index in [9.17, 15) is 0 Å². The van der Waals surface area contributed by atoms with Gasteiger partial charge in [-0.3, -0.25) is 4.68 Å². The molecule has 52 heavy (non-hydrogen) atoms. The second-order valence-electron chi connectivity index (χ2n) is 15.6. The van der Waals surface area contributed by atoms with Crippen molar-refractivity contribution in [2.45, 2.75) is 99.8 Å². The minimum absolute atomic E-state index is 0. The molecule has 0 fully saturated rings. The van der Waals surface area contributed by atoms with Gasteiger partial charge in [0.25, 0.3) is 0 Å². The van der Waals surface area contributed by atoms with Crippen molar-refractivity contribution >= 4 is 21.8 Å². The second-order valence-corrected chi connectivity index (χ2v) is 15.6. The van der Waals surface area contributed by atoms with E-state index in [2.05, 4.69) is 144 Å². The molecule has 0 radical (unpaired) electrons. The largest absolute Gasteiger partial charge is 2.00 e. The van der Waals surface area contributed by atoms with E-state index in [1.807, 2.05) is 12.3 Å². The van der Waals surface area contributed by atoms with Gasteiger partial charge in [0, 0.05) is 40.4 Å². The fourth-order valence-electron chi connectivity index (χ4n) is 8.31. The molecule has 0 aliphatic heterocycles. The third-order valence-electron chi connectivity index (χ3n) is 10.8. The number of allylic oxidation sites excluding steroid dienone is 2. The summed E-state index contributed by atoms with van der Waals surface area (Å²) >= 11 is 0. The van der Waals surface area contributed by atoms with E-state index in [0.29, 0.717) is 41.1 Å². The van der Waals surface area contributed by atoms with Gasteiger partial charge in [-0.15, -0.1) is 41.3 Å². The van der Waals surface area contributed by atoms with Crippen molar-refractivity contribution in [1.29, 1.82) is 0 Å². The van der Waals surface area contributed by atoms with E-state index in [4.69, 9.17) is 14.8 Å². The zero-order valence-corrected chi connectivity index (χ0v) is 34.4. The number of hydrogen-bond acceptors (Lipinski definition) is 3. The Balaban J connectivity index is 0.00000464. The number of pyridine rings is 1. The molecule has 0 spiro atoms. The number of hydrogen-bond donors (Lipinski definition) is 0. The van der Waals surface area contributed by atoms with Crippen LogP contribution in [0, 0.1) is 36.8 Å². The summed E-state index contributed by atoms with van der Waals surface area (Å²) in [4.78, 5) is 4.79. The van der Waals surface area contributed by atoms with Gasteiger partial charge < -0.3 is 9.30 Å². The van der Waals surface area contributed by atoms with Crippen molar-refractivity contribution in [2.75, 3.05) is 0 Å². The maximum atomic E-state index is 6.71. The topological polar surface area (TPSA) is 44.9 Å². The van der Waals surface area contributed by atoms with Gasteiger partial charge in [-0.25, -0.2) is 4.98 Å². The fourth-order valence-corrected chi connectivity index (χ4v) is 8.31. The quantitative estimate of drug-likeness (QED) is 0.102. The minimum Gasteiger partial charge on any atom is -0.509 e. The molecule has 272 valence electrons. The van der Waals surface area contributed by atoms with E-state index in [-0.39, 0.29) is 21.1 Å². The number of fused-ring (bicyclic) bond motifs is 3. The number of ether oxygens (including phenoxy) is 1. The van der Waals surface area contributed by atoms with Crippen LogP contribution in [0.1, 0.15) is 108 Å². The van der Waals surface area contributed by atoms with Crippen LogP contribution in [0.25, 0.3) is 33.3 Å². The van der Waals surface area contributed by atoms with Gasteiger partial charge in [0.2, 0.25) is 0 Å². The zero-order valence-electron chi connectivity index (χ0n) is 32.2. The molecule has 0 bridgehead atoms. The Morgan fingerprint density at radius 1 is 0.923 bits per heavy atom. The van der Waals surface area contributed by atoms with E-state index in [1.54, 1.807) is 0 Å². The Labute approximate surface area is 324 Å². The molecule has 3 aromatic heterocycles. The predicted molar refractivity (Wildman–Crippen MR) is 211 cm³/mol. The van der Waals surface area contributed by atoms with Crippen molar-refractivity contribution in [2.24, 2.45) is 17.8 Å². The van der Waals surface area contributed by atoms with Crippen LogP contribution in [0.5, 0.6) is 11.5 Å².